The Bertz CT molecular complexity index is 695. The van der Waals surface area contributed by atoms with E-state index in [4.69, 9.17) is 0 Å². The minimum atomic E-state index is -3.24. The number of amides is 1. The van der Waals surface area contributed by atoms with E-state index in [9.17, 15) is 13.2 Å². The van der Waals surface area contributed by atoms with Crippen LogP contribution in [-0.2, 0) is 16.4 Å². The Balaban J connectivity index is 2.03. The molecule has 1 aromatic carbocycles. The van der Waals surface area contributed by atoms with Crippen molar-refractivity contribution in [1.29, 1.82) is 0 Å². The van der Waals surface area contributed by atoms with Gasteiger partial charge >= 0.3 is 0 Å². The summed E-state index contributed by atoms with van der Waals surface area (Å²) in [4.78, 5) is 16.0. The predicted molar refractivity (Wildman–Crippen MR) is 75.0 cm³/mol. The topological polar surface area (TPSA) is 76.1 Å². The standard InChI is InChI=1S/C14H14N2O3S/c1-20(18,19)13-6-4-12(5-7-13)14(17)16-10-11-3-2-8-15-9-11/h2-9H,10H2,1H3,(H,16,17). The van der Waals surface area contributed by atoms with Crippen molar-refractivity contribution < 1.29 is 13.2 Å². The Kier molecular flexibility index (Phi) is 4.14. The second kappa shape index (κ2) is 5.83. The molecule has 0 fully saturated rings. The molecule has 1 amide bonds. The Morgan fingerprint density at radius 1 is 1.20 bits per heavy atom. The van der Waals surface area contributed by atoms with E-state index < -0.39 is 9.84 Å². The van der Waals surface area contributed by atoms with E-state index in [0.717, 1.165) is 11.8 Å². The van der Waals surface area contributed by atoms with Crippen LogP contribution in [0.3, 0.4) is 0 Å². The van der Waals surface area contributed by atoms with Crippen LogP contribution < -0.4 is 5.32 Å². The first-order chi connectivity index (χ1) is 9.47. The van der Waals surface area contributed by atoms with Crippen LogP contribution in [0, 0.1) is 0 Å². The molecule has 0 unspecified atom stereocenters. The van der Waals surface area contributed by atoms with Crippen LogP contribution in [0.2, 0.25) is 0 Å². The largest absolute Gasteiger partial charge is 0.348 e. The molecule has 0 aliphatic rings. The highest BCUT2D eigenvalue weighted by atomic mass is 32.2. The van der Waals surface area contributed by atoms with Crippen LogP contribution in [0.25, 0.3) is 0 Å². The van der Waals surface area contributed by atoms with Crippen LogP contribution in [-0.4, -0.2) is 25.6 Å². The van der Waals surface area contributed by atoms with E-state index in [1.807, 2.05) is 6.07 Å². The van der Waals surface area contributed by atoms with Crippen LogP contribution in [0.5, 0.6) is 0 Å². The number of nitrogens with zero attached hydrogens (tertiary/aromatic N) is 1. The molecule has 0 saturated heterocycles. The first-order valence-corrected chi connectivity index (χ1v) is 7.83. The number of rotatable bonds is 4. The lowest BCUT2D eigenvalue weighted by atomic mass is 10.2. The molecule has 20 heavy (non-hydrogen) atoms. The monoisotopic (exact) mass is 290 g/mol. The van der Waals surface area contributed by atoms with Gasteiger partial charge in [-0.15, -0.1) is 0 Å². The first kappa shape index (κ1) is 14.2. The summed E-state index contributed by atoms with van der Waals surface area (Å²) in [6.07, 6.45) is 4.47. The van der Waals surface area contributed by atoms with Crippen molar-refractivity contribution in [2.45, 2.75) is 11.4 Å². The molecule has 104 valence electrons. The second-order valence-corrected chi connectivity index (χ2v) is 6.36. The lowest BCUT2D eigenvalue weighted by Gasteiger charge is -2.05. The predicted octanol–water partition coefficient (Wildman–Crippen LogP) is 1.42. The lowest BCUT2D eigenvalue weighted by Crippen LogP contribution is -2.22. The van der Waals surface area contributed by atoms with Crippen molar-refractivity contribution in [3.63, 3.8) is 0 Å². The molecule has 0 aliphatic heterocycles. The smallest absolute Gasteiger partial charge is 0.251 e. The fourth-order valence-electron chi connectivity index (χ4n) is 1.64. The highest BCUT2D eigenvalue weighted by molar-refractivity contribution is 7.90. The van der Waals surface area contributed by atoms with Crippen molar-refractivity contribution >= 4 is 15.7 Å². The first-order valence-electron chi connectivity index (χ1n) is 5.94. The third-order valence-electron chi connectivity index (χ3n) is 2.72. The number of hydrogen-bond donors (Lipinski definition) is 1. The number of sulfone groups is 1. The average molecular weight is 290 g/mol. The van der Waals surface area contributed by atoms with Gasteiger partial charge in [0.2, 0.25) is 0 Å². The van der Waals surface area contributed by atoms with E-state index in [2.05, 4.69) is 10.3 Å². The van der Waals surface area contributed by atoms with Crippen molar-refractivity contribution in [2.75, 3.05) is 6.26 Å². The van der Waals surface area contributed by atoms with Gasteiger partial charge in [0.15, 0.2) is 9.84 Å². The van der Waals surface area contributed by atoms with Gasteiger partial charge in [0.05, 0.1) is 4.90 Å². The summed E-state index contributed by atoms with van der Waals surface area (Å²) < 4.78 is 22.6. The molecule has 1 N–H and O–H groups in total. The minimum absolute atomic E-state index is 0.196. The van der Waals surface area contributed by atoms with E-state index in [-0.39, 0.29) is 10.8 Å². The summed E-state index contributed by atoms with van der Waals surface area (Å²) in [6, 6.07) is 9.50. The van der Waals surface area contributed by atoms with Gasteiger partial charge in [-0.3, -0.25) is 9.78 Å². The van der Waals surface area contributed by atoms with Crippen molar-refractivity contribution in [1.82, 2.24) is 10.3 Å². The number of hydrogen-bond acceptors (Lipinski definition) is 4. The minimum Gasteiger partial charge on any atom is -0.348 e. The molecule has 0 spiro atoms. The number of carbonyl (C=O) groups excluding carboxylic acids is 1. The van der Waals surface area contributed by atoms with Crippen molar-refractivity contribution in [2.24, 2.45) is 0 Å². The zero-order valence-electron chi connectivity index (χ0n) is 10.9. The maximum Gasteiger partial charge on any atom is 0.251 e. The maximum absolute atomic E-state index is 11.9. The zero-order valence-corrected chi connectivity index (χ0v) is 11.7. The van der Waals surface area contributed by atoms with Crippen molar-refractivity contribution in [3.05, 3.63) is 59.9 Å². The van der Waals surface area contributed by atoms with Gasteiger partial charge in [0, 0.05) is 30.8 Å². The quantitative estimate of drug-likeness (QED) is 0.924. The van der Waals surface area contributed by atoms with E-state index in [1.165, 1.54) is 24.3 Å². The van der Waals surface area contributed by atoms with Gasteiger partial charge in [-0.2, -0.15) is 0 Å². The third-order valence-corrected chi connectivity index (χ3v) is 3.85. The molecule has 1 heterocycles. The highest BCUT2D eigenvalue weighted by Gasteiger charge is 2.09. The van der Waals surface area contributed by atoms with E-state index in [0.29, 0.717) is 12.1 Å². The molecule has 0 atom stereocenters. The zero-order chi connectivity index (χ0) is 14.6. The SMILES string of the molecule is CS(=O)(=O)c1ccc(C(=O)NCc2cccnc2)cc1. The average Bonchev–Trinajstić information content (AvgIpc) is 2.45. The number of nitrogens with one attached hydrogen (secondary N) is 1. The Morgan fingerprint density at radius 2 is 1.90 bits per heavy atom. The van der Waals surface area contributed by atoms with Gasteiger partial charge < -0.3 is 5.32 Å². The summed E-state index contributed by atoms with van der Waals surface area (Å²) in [5.74, 6) is -0.256. The molecule has 0 saturated carbocycles. The summed E-state index contributed by atoms with van der Waals surface area (Å²) in [5, 5.41) is 2.75. The molecule has 2 aromatic rings. The van der Waals surface area contributed by atoms with E-state index >= 15 is 0 Å². The van der Waals surface area contributed by atoms with Gasteiger partial charge in [0.25, 0.3) is 5.91 Å². The number of aromatic nitrogens is 1. The Labute approximate surface area is 117 Å². The van der Waals surface area contributed by atoms with Gasteiger partial charge in [-0.05, 0) is 35.9 Å². The summed E-state index contributed by atoms with van der Waals surface area (Å²) >= 11 is 0. The van der Waals surface area contributed by atoms with Crippen molar-refractivity contribution in [3.8, 4) is 0 Å². The Hall–Kier alpha value is -2.21. The molecule has 2 rings (SSSR count). The summed E-state index contributed by atoms with van der Waals surface area (Å²) in [5.41, 5.74) is 1.31. The highest BCUT2D eigenvalue weighted by Crippen LogP contribution is 2.10. The van der Waals surface area contributed by atoms with Crippen LogP contribution >= 0.6 is 0 Å². The van der Waals surface area contributed by atoms with Gasteiger partial charge in [-0.25, -0.2) is 8.42 Å². The molecular weight excluding hydrogens is 276 g/mol. The summed E-state index contributed by atoms with van der Waals surface area (Å²) in [7, 11) is -3.24. The lowest BCUT2D eigenvalue weighted by molar-refractivity contribution is 0.0951. The fraction of sp³-hybridized carbons (Fsp3) is 0.143. The number of carbonyl (C=O) groups is 1. The number of pyridine rings is 1. The molecule has 5 nitrogen and oxygen atoms in total. The third kappa shape index (κ3) is 3.64. The molecule has 0 aliphatic carbocycles. The van der Waals surface area contributed by atoms with Crippen LogP contribution in [0.4, 0.5) is 0 Å². The molecule has 0 bridgehead atoms. The number of benzene rings is 1. The van der Waals surface area contributed by atoms with Crippen LogP contribution in [0.1, 0.15) is 15.9 Å². The van der Waals surface area contributed by atoms with E-state index in [1.54, 1.807) is 18.5 Å². The Morgan fingerprint density at radius 3 is 2.45 bits per heavy atom. The molecular formula is C14H14N2O3S. The summed E-state index contributed by atoms with van der Waals surface area (Å²) in [6.45, 7) is 0.375. The fourth-order valence-corrected chi connectivity index (χ4v) is 2.27. The van der Waals surface area contributed by atoms with Gasteiger partial charge in [-0.1, -0.05) is 6.07 Å². The molecule has 1 aromatic heterocycles. The normalized spacial score (nSPS) is 11.1. The molecule has 0 radical (unpaired) electrons. The second-order valence-electron chi connectivity index (χ2n) is 4.34. The van der Waals surface area contributed by atoms with Crippen LogP contribution in [0.15, 0.2) is 53.7 Å². The maximum atomic E-state index is 11.9. The van der Waals surface area contributed by atoms with Gasteiger partial charge in [0.1, 0.15) is 0 Å². The molecule has 6 heteroatoms.